The minimum atomic E-state index is 0.730. The third-order valence-corrected chi connectivity index (χ3v) is 4.82. The summed E-state index contributed by atoms with van der Waals surface area (Å²) in [6.07, 6.45) is 5.66. The van der Waals surface area contributed by atoms with Crippen LogP contribution in [0.25, 0.3) is 0 Å². The van der Waals surface area contributed by atoms with Gasteiger partial charge in [-0.1, -0.05) is 13.8 Å². The highest BCUT2D eigenvalue weighted by Gasteiger charge is 2.37. The molecule has 0 aromatic carbocycles. The highest BCUT2D eigenvalue weighted by Crippen LogP contribution is 2.31. The second-order valence-corrected chi connectivity index (χ2v) is 6.94. The van der Waals surface area contributed by atoms with Crippen LogP contribution in [0.3, 0.4) is 0 Å². The third-order valence-electron chi connectivity index (χ3n) is 4.82. The van der Waals surface area contributed by atoms with Crippen LogP contribution in [0.15, 0.2) is 0 Å². The summed E-state index contributed by atoms with van der Waals surface area (Å²) >= 11 is 0. The smallest absolute Gasteiger partial charge is 0.0236 e. The third kappa shape index (κ3) is 3.06. The molecule has 3 aliphatic rings. The zero-order valence-electron chi connectivity index (χ0n) is 12.1. The van der Waals surface area contributed by atoms with Crippen molar-refractivity contribution in [1.29, 1.82) is 0 Å². The van der Waals surface area contributed by atoms with Crippen molar-refractivity contribution >= 4 is 0 Å². The lowest BCUT2D eigenvalue weighted by Crippen LogP contribution is -2.54. The molecule has 0 aromatic rings. The monoisotopic (exact) mass is 251 g/mol. The fourth-order valence-electron chi connectivity index (χ4n) is 3.75. The highest BCUT2D eigenvalue weighted by atomic mass is 15.3. The average Bonchev–Trinajstić information content (AvgIpc) is 3.07. The van der Waals surface area contributed by atoms with Crippen LogP contribution in [0.2, 0.25) is 0 Å². The lowest BCUT2D eigenvalue weighted by Gasteiger charge is -2.38. The maximum atomic E-state index is 3.69. The molecule has 1 N–H and O–H groups in total. The molecule has 3 nitrogen and oxygen atoms in total. The van der Waals surface area contributed by atoms with Crippen LogP contribution in [0.5, 0.6) is 0 Å². The normalized spacial score (nSPS) is 35.5. The molecule has 2 saturated heterocycles. The molecule has 0 aromatic heterocycles. The van der Waals surface area contributed by atoms with E-state index < -0.39 is 0 Å². The maximum Gasteiger partial charge on any atom is 0.0236 e. The van der Waals surface area contributed by atoms with Crippen LogP contribution in [-0.4, -0.2) is 60.6 Å². The van der Waals surface area contributed by atoms with E-state index in [1.165, 1.54) is 58.4 Å². The molecule has 2 heterocycles. The zero-order valence-corrected chi connectivity index (χ0v) is 12.1. The van der Waals surface area contributed by atoms with Gasteiger partial charge >= 0.3 is 0 Å². The summed E-state index contributed by atoms with van der Waals surface area (Å²) in [6.45, 7) is 11.1. The van der Waals surface area contributed by atoms with Gasteiger partial charge in [0.05, 0.1) is 0 Å². The van der Waals surface area contributed by atoms with E-state index in [1.807, 2.05) is 0 Å². The van der Waals surface area contributed by atoms with Gasteiger partial charge in [0, 0.05) is 50.8 Å². The van der Waals surface area contributed by atoms with Gasteiger partial charge in [-0.3, -0.25) is 9.80 Å². The van der Waals surface area contributed by atoms with Gasteiger partial charge < -0.3 is 5.32 Å². The fraction of sp³-hybridized carbons (Fsp3) is 1.00. The lowest BCUT2D eigenvalue weighted by atomic mass is 10.0. The summed E-state index contributed by atoms with van der Waals surface area (Å²) in [5, 5.41) is 3.69. The number of rotatable bonds is 4. The Labute approximate surface area is 112 Å². The standard InChI is InChI=1S/C15H29N3/c1-12(2)9-13-10-18(8-6-16-13)15-5-7-17(11-15)14-3-4-14/h12-16H,3-11H2,1-2H3. The molecule has 2 unspecified atom stereocenters. The van der Waals surface area contributed by atoms with Crippen molar-refractivity contribution in [2.45, 2.75) is 57.7 Å². The summed E-state index contributed by atoms with van der Waals surface area (Å²) < 4.78 is 0. The van der Waals surface area contributed by atoms with Gasteiger partial charge in [0.15, 0.2) is 0 Å². The Hall–Kier alpha value is -0.120. The van der Waals surface area contributed by atoms with E-state index in [1.54, 1.807) is 0 Å². The van der Waals surface area contributed by atoms with Gasteiger partial charge in [0.2, 0.25) is 0 Å². The summed E-state index contributed by atoms with van der Waals surface area (Å²) in [5.74, 6) is 0.814. The molecule has 18 heavy (non-hydrogen) atoms. The largest absolute Gasteiger partial charge is 0.311 e. The van der Waals surface area contributed by atoms with Crippen molar-refractivity contribution in [1.82, 2.24) is 15.1 Å². The van der Waals surface area contributed by atoms with Crippen LogP contribution >= 0.6 is 0 Å². The van der Waals surface area contributed by atoms with Crippen LogP contribution in [0, 0.1) is 5.92 Å². The van der Waals surface area contributed by atoms with Crippen molar-refractivity contribution in [2.24, 2.45) is 5.92 Å². The molecule has 1 aliphatic carbocycles. The molecular formula is C15H29N3. The molecule has 1 saturated carbocycles. The van der Waals surface area contributed by atoms with E-state index in [2.05, 4.69) is 29.0 Å². The molecule has 0 amide bonds. The van der Waals surface area contributed by atoms with Crippen molar-refractivity contribution in [2.75, 3.05) is 32.7 Å². The quantitative estimate of drug-likeness (QED) is 0.818. The number of piperazine rings is 1. The molecule has 0 bridgehead atoms. The zero-order chi connectivity index (χ0) is 12.5. The Morgan fingerprint density at radius 1 is 1.00 bits per heavy atom. The second-order valence-electron chi connectivity index (χ2n) is 6.94. The van der Waals surface area contributed by atoms with Gasteiger partial charge in [0.25, 0.3) is 0 Å². The first-order valence-electron chi connectivity index (χ1n) is 7.94. The van der Waals surface area contributed by atoms with Crippen LogP contribution in [0.1, 0.15) is 39.5 Å². The number of hydrogen-bond donors (Lipinski definition) is 1. The van der Waals surface area contributed by atoms with Gasteiger partial charge in [0.1, 0.15) is 0 Å². The SMILES string of the molecule is CC(C)CC1CN(C2CCN(C3CC3)C2)CCN1. The molecule has 3 rings (SSSR count). The molecule has 2 aliphatic heterocycles. The Morgan fingerprint density at radius 3 is 2.50 bits per heavy atom. The Bertz CT molecular complexity index is 275. The first-order chi connectivity index (χ1) is 8.72. The molecule has 0 spiro atoms. The molecular weight excluding hydrogens is 222 g/mol. The molecule has 0 radical (unpaired) electrons. The predicted octanol–water partition coefficient (Wildman–Crippen LogP) is 1.54. The molecule has 2 atom stereocenters. The first-order valence-corrected chi connectivity index (χ1v) is 7.94. The van der Waals surface area contributed by atoms with E-state index in [4.69, 9.17) is 0 Å². The number of likely N-dealkylation sites (tertiary alicyclic amines) is 1. The fourth-order valence-corrected chi connectivity index (χ4v) is 3.75. The number of nitrogens with one attached hydrogen (secondary N) is 1. The minimum Gasteiger partial charge on any atom is -0.311 e. The van der Waals surface area contributed by atoms with Crippen LogP contribution < -0.4 is 5.32 Å². The lowest BCUT2D eigenvalue weighted by molar-refractivity contribution is 0.134. The first kappa shape index (κ1) is 12.9. The molecule has 104 valence electrons. The Morgan fingerprint density at radius 2 is 1.78 bits per heavy atom. The molecule has 3 heteroatoms. The van der Waals surface area contributed by atoms with Crippen molar-refractivity contribution in [3.63, 3.8) is 0 Å². The second kappa shape index (κ2) is 5.48. The summed E-state index contributed by atoms with van der Waals surface area (Å²) in [6, 6.07) is 2.54. The molecule has 3 fully saturated rings. The van der Waals surface area contributed by atoms with Gasteiger partial charge in [-0.05, 0) is 31.6 Å². The van der Waals surface area contributed by atoms with Gasteiger partial charge in [-0.2, -0.15) is 0 Å². The Kier molecular flexibility index (Phi) is 3.92. The van der Waals surface area contributed by atoms with E-state index in [0.717, 1.165) is 24.0 Å². The highest BCUT2D eigenvalue weighted by molar-refractivity contribution is 4.94. The van der Waals surface area contributed by atoms with Crippen LogP contribution in [0.4, 0.5) is 0 Å². The predicted molar refractivity (Wildman–Crippen MR) is 75.8 cm³/mol. The number of nitrogens with zero attached hydrogens (tertiary/aromatic N) is 2. The van der Waals surface area contributed by atoms with Crippen molar-refractivity contribution < 1.29 is 0 Å². The van der Waals surface area contributed by atoms with Crippen LogP contribution in [-0.2, 0) is 0 Å². The Balaban J connectivity index is 1.49. The summed E-state index contributed by atoms with van der Waals surface area (Å²) in [5.41, 5.74) is 0. The van der Waals surface area contributed by atoms with E-state index in [0.29, 0.717) is 0 Å². The van der Waals surface area contributed by atoms with Gasteiger partial charge in [-0.25, -0.2) is 0 Å². The number of hydrogen-bond acceptors (Lipinski definition) is 3. The van der Waals surface area contributed by atoms with Gasteiger partial charge in [-0.15, -0.1) is 0 Å². The minimum absolute atomic E-state index is 0.730. The maximum absolute atomic E-state index is 3.69. The topological polar surface area (TPSA) is 18.5 Å². The summed E-state index contributed by atoms with van der Waals surface area (Å²) in [4.78, 5) is 5.51. The summed E-state index contributed by atoms with van der Waals surface area (Å²) in [7, 11) is 0. The van der Waals surface area contributed by atoms with Crippen molar-refractivity contribution in [3.8, 4) is 0 Å². The average molecular weight is 251 g/mol. The van der Waals surface area contributed by atoms with E-state index in [-0.39, 0.29) is 0 Å². The van der Waals surface area contributed by atoms with E-state index >= 15 is 0 Å². The van der Waals surface area contributed by atoms with Crippen molar-refractivity contribution in [3.05, 3.63) is 0 Å². The van der Waals surface area contributed by atoms with E-state index in [9.17, 15) is 0 Å².